The molecule has 126 valence electrons. The number of rotatable bonds is 2. The number of morpholine rings is 1. The normalized spacial score (nSPS) is 20.2. The minimum absolute atomic E-state index is 0.214. The van der Waals surface area contributed by atoms with E-state index in [1.54, 1.807) is 17.2 Å². The maximum atomic E-state index is 13.0. The van der Waals surface area contributed by atoms with Crippen LogP contribution in [0.25, 0.3) is 0 Å². The van der Waals surface area contributed by atoms with Crippen LogP contribution in [0.4, 0.5) is 0 Å². The highest BCUT2D eigenvalue weighted by molar-refractivity contribution is 5.94. The number of hydrogen-bond donors (Lipinski definition) is 2. The summed E-state index contributed by atoms with van der Waals surface area (Å²) in [6.07, 6.45) is 4.55. The summed E-state index contributed by atoms with van der Waals surface area (Å²) in [6, 6.07) is 1.47. The van der Waals surface area contributed by atoms with Crippen LogP contribution in [0, 0.1) is 6.92 Å². The maximum absolute atomic E-state index is 13.0. The van der Waals surface area contributed by atoms with E-state index in [-0.39, 0.29) is 23.1 Å². The molecule has 2 N–H and O–H groups in total. The molecule has 0 aromatic carbocycles. The first-order valence-corrected chi connectivity index (χ1v) is 8.29. The fraction of sp³-hybridized carbons (Fsp3) is 0.471. The van der Waals surface area contributed by atoms with Crippen molar-refractivity contribution in [2.24, 2.45) is 0 Å². The molecule has 7 heteroatoms. The van der Waals surface area contributed by atoms with E-state index in [0.29, 0.717) is 25.6 Å². The van der Waals surface area contributed by atoms with Gasteiger partial charge in [0.15, 0.2) is 0 Å². The molecule has 24 heavy (non-hydrogen) atoms. The van der Waals surface area contributed by atoms with E-state index >= 15 is 0 Å². The van der Waals surface area contributed by atoms with Crippen molar-refractivity contribution in [2.75, 3.05) is 19.8 Å². The van der Waals surface area contributed by atoms with Crippen molar-refractivity contribution in [1.82, 2.24) is 19.9 Å². The van der Waals surface area contributed by atoms with Gasteiger partial charge in [0.1, 0.15) is 17.4 Å². The summed E-state index contributed by atoms with van der Waals surface area (Å²) in [7, 11) is 0. The number of hydrogen-bond acceptors (Lipinski definition) is 4. The van der Waals surface area contributed by atoms with Crippen molar-refractivity contribution in [3.8, 4) is 0 Å². The van der Waals surface area contributed by atoms with Gasteiger partial charge >= 0.3 is 0 Å². The van der Waals surface area contributed by atoms with Crippen LogP contribution in [0.3, 0.4) is 0 Å². The summed E-state index contributed by atoms with van der Waals surface area (Å²) in [6.45, 7) is 3.20. The lowest BCUT2D eigenvalue weighted by molar-refractivity contribution is -0.00511. The lowest BCUT2D eigenvalue weighted by Crippen LogP contribution is -2.45. The smallest absolute Gasteiger partial charge is 0.261 e. The minimum Gasteiger partial charge on any atom is -0.377 e. The van der Waals surface area contributed by atoms with Crippen LogP contribution in [0.5, 0.6) is 0 Å². The molecule has 1 aliphatic heterocycles. The standard InChI is InChI=1S/C17H20N4O3/c1-10-8-18-15(19-10)14-9-24-6-5-21(14)17(23)12-7-11-3-2-4-13(11)20-16(12)22/h7-8,14H,2-6,9H2,1H3,(H,18,19)(H,20,22)/t14-/m1/s1. The van der Waals surface area contributed by atoms with E-state index in [0.717, 1.165) is 36.2 Å². The Morgan fingerprint density at radius 3 is 3.04 bits per heavy atom. The molecule has 0 unspecified atom stereocenters. The molecule has 0 radical (unpaired) electrons. The fourth-order valence-corrected chi connectivity index (χ4v) is 3.50. The Hall–Kier alpha value is -2.41. The van der Waals surface area contributed by atoms with Gasteiger partial charge in [0.05, 0.1) is 13.2 Å². The second-order valence-electron chi connectivity index (χ2n) is 6.41. The van der Waals surface area contributed by atoms with Crippen LogP contribution in [0.1, 0.15) is 45.6 Å². The summed E-state index contributed by atoms with van der Waals surface area (Å²) >= 11 is 0. The molecule has 1 atom stereocenters. The number of pyridine rings is 1. The molecule has 2 aliphatic rings. The molecule has 0 bridgehead atoms. The first-order valence-electron chi connectivity index (χ1n) is 8.29. The molecule has 2 aromatic heterocycles. The number of nitrogens with one attached hydrogen (secondary N) is 2. The Morgan fingerprint density at radius 2 is 2.25 bits per heavy atom. The maximum Gasteiger partial charge on any atom is 0.261 e. The first-order chi connectivity index (χ1) is 11.6. The van der Waals surface area contributed by atoms with E-state index in [4.69, 9.17) is 4.74 Å². The Bertz CT molecular complexity index is 839. The number of aromatic amines is 2. The summed E-state index contributed by atoms with van der Waals surface area (Å²) in [4.78, 5) is 37.4. The van der Waals surface area contributed by atoms with Crippen molar-refractivity contribution in [2.45, 2.75) is 32.2 Å². The van der Waals surface area contributed by atoms with Gasteiger partial charge in [0.2, 0.25) is 0 Å². The second-order valence-corrected chi connectivity index (χ2v) is 6.41. The topological polar surface area (TPSA) is 91.1 Å². The van der Waals surface area contributed by atoms with Crippen molar-refractivity contribution in [1.29, 1.82) is 0 Å². The molecule has 1 saturated heterocycles. The third kappa shape index (κ3) is 2.54. The largest absolute Gasteiger partial charge is 0.377 e. The Kier molecular flexibility index (Phi) is 3.72. The lowest BCUT2D eigenvalue weighted by atomic mass is 10.1. The molecule has 2 aromatic rings. The predicted molar refractivity (Wildman–Crippen MR) is 87.0 cm³/mol. The quantitative estimate of drug-likeness (QED) is 0.864. The molecular formula is C17H20N4O3. The molecule has 0 saturated carbocycles. The van der Waals surface area contributed by atoms with E-state index in [9.17, 15) is 9.59 Å². The number of carbonyl (C=O) groups excluding carboxylic acids is 1. The number of aryl methyl sites for hydroxylation is 3. The van der Waals surface area contributed by atoms with E-state index in [1.165, 1.54) is 0 Å². The zero-order chi connectivity index (χ0) is 16.7. The van der Waals surface area contributed by atoms with Gasteiger partial charge in [-0.25, -0.2) is 4.98 Å². The third-order valence-electron chi connectivity index (χ3n) is 4.75. The van der Waals surface area contributed by atoms with Crippen LogP contribution in [-0.2, 0) is 17.6 Å². The van der Waals surface area contributed by atoms with Gasteiger partial charge < -0.3 is 19.6 Å². The van der Waals surface area contributed by atoms with Gasteiger partial charge in [-0.3, -0.25) is 9.59 Å². The van der Waals surface area contributed by atoms with E-state index in [2.05, 4.69) is 15.0 Å². The monoisotopic (exact) mass is 328 g/mol. The lowest BCUT2D eigenvalue weighted by Gasteiger charge is -2.34. The van der Waals surface area contributed by atoms with Crippen molar-refractivity contribution in [3.63, 3.8) is 0 Å². The van der Waals surface area contributed by atoms with Crippen molar-refractivity contribution >= 4 is 5.91 Å². The Labute approximate surface area is 139 Å². The summed E-state index contributed by atoms with van der Waals surface area (Å²) in [5.41, 5.74) is 2.89. The molecule has 0 spiro atoms. The number of imidazole rings is 1. The SMILES string of the molecule is Cc1cnc([C@H]2COCCN2C(=O)c2cc3c([nH]c2=O)CCC3)[nH]1. The highest BCUT2D eigenvalue weighted by atomic mass is 16.5. The highest BCUT2D eigenvalue weighted by Crippen LogP contribution is 2.25. The molecule has 4 rings (SSSR count). The average molecular weight is 328 g/mol. The van der Waals surface area contributed by atoms with Gasteiger partial charge in [-0.05, 0) is 37.8 Å². The van der Waals surface area contributed by atoms with Crippen LogP contribution in [-0.4, -0.2) is 45.5 Å². The average Bonchev–Trinajstić information content (AvgIpc) is 3.21. The number of ether oxygens (including phenoxy) is 1. The number of nitrogens with zero attached hydrogens (tertiary/aromatic N) is 2. The number of fused-ring (bicyclic) bond motifs is 1. The molecule has 7 nitrogen and oxygen atoms in total. The van der Waals surface area contributed by atoms with Gasteiger partial charge in [-0.1, -0.05) is 0 Å². The number of amides is 1. The first kappa shape index (κ1) is 15.1. The number of aromatic nitrogens is 3. The highest BCUT2D eigenvalue weighted by Gasteiger charge is 2.32. The Balaban J connectivity index is 1.68. The van der Waals surface area contributed by atoms with Gasteiger partial charge in [0.25, 0.3) is 11.5 Å². The summed E-state index contributed by atoms with van der Waals surface area (Å²) in [5.74, 6) is 0.437. The third-order valence-corrected chi connectivity index (χ3v) is 4.75. The van der Waals surface area contributed by atoms with Crippen LogP contribution in [0.15, 0.2) is 17.1 Å². The van der Waals surface area contributed by atoms with Crippen LogP contribution in [0.2, 0.25) is 0 Å². The molecule has 1 fully saturated rings. The summed E-state index contributed by atoms with van der Waals surface area (Å²) in [5, 5.41) is 0. The number of carbonyl (C=O) groups is 1. The fourth-order valence-electron chi connectivity index (χ4n) is 3.50. The Morgan fingerprint density at radius 1 is 1.38 bits per heavy atom. The number of H-pyrrole nitrogens is 2. The summed E-state index contributed by atoms with van der Waals surface area (Å²) < 4.78 is 5.53. The minimum atomic E-state index is -0.304. The molecule has 1 amide bonds. The molecular weight excluding hydrogens is 308 g/mol. The van der Waals surface area contributed by atoms with Gasteiger partial charge in [-0.15, -0.1) is 0 Å². The van der Waals surface area contributed by atoms with Crippen LogP contribution < -0.4 is 5.56 Å². The van der Waals surface area contributed by atoms with Gasteiger partial charge in [-0.2, -0.15) is 0 Å². The zero-order valence-electron chi connectivity index (χ0n) is 13.6. The predicted octanol–water partition coefficient (Wildman–Crippen LogP) is 1.11. The second kappa shape index (κ2) is 5.90. The molecule has 3 heterocycles. The van der Waals surface area contributed by atoms with E-state index < -0.39 is 0 Å². The van der Waals surface area contributed by atoms with Crippen molar-refractivity contribution in [3.05, 3.63) is 51.0 Å². The zero-order valence-corrected chi connectivity index (χ0v) is 13.6. The van der Waals surface area contributed by atoms with Gasteiger partial charge in [0, 0.05) is 24.1 Å². The molecule has 1 aliphatic carbocycles. The van der Waals surface area contributed by atoms with E-state index in [1.807, 2.05) is 6.92 Å². The van der Waals surface area contributed by atoms with Crippen LogP contribution >= 0.6 is 0 Å². The van der Waals surface area contributed by atoms with Crippen molar-refractivity contribution < 1.29 is 9.53 Å².